The summed E-state index contributed by atoms with van der Waals surface area (Å²) in [5, 5.41) is 10.1. The summed E-state index contributed by atoms with van der Waals surface area (Å²) in [6.07, 6.45) is 40.4. The Bertz CT molecular complexity index is 830. The molecule has 0 bridgehead atoms. The molecule has 0 unspecified atom stereocenters. The number of unbranched alkanes of at least 4 members (excludes halogenated alkanes) is 3. The van der Waals surface area contributed by atoms with Crippen molar-refractivity contribution in [2.75, 3.05) is 19.0 Å². The minimum Gasteiger partial charge on any atom is -0.504 e. The van der Waals surface area contributed by atoms with Crippen molar-refractivity contribution in [2.45, 2.75) is 272 Å². The summed E-state index contributed by atoms with van der Waals surface area (Å²) in [5.74, 6) is 7.23. The molecule has 5 aliphatic rings. The molecule has 0 heterocycles. The van der Waals surface area contributed by atoms with Crippen LogP contribution in [-0.4, -0.2) is 36.2 Å². The molecule has 5 aliphatic carbocycles. The molecule has 4 nitrogen and oxygen atoms in total. The van der Waals surface area contributed by atoms with Gasteiger partial charge in [0.1, 0.15) is 12.1 Å². The van der Waals surface area contributed by atoms with E-state index < -0.39 is 0 Å². The smallest absolute Gasteiger partial charge is 0.132 e. The van der Waals surface area contributed by atoms with Crippen LogP contribution in [0.2, 0.25) is 0 Å². The van der Waals surface area contributed by atoms with Gasteiger partial charge in [-0.25, -0.2) is 0 Å². The third kappa shape index (κ3) is 40.1. The van der Waals surface area contributed by atoms with Gasteiger partial charge in [0.05, 0.1) is 13.4 Å². The first kappa shape index (κ1) is 76.1. The van der Waals surface area contributed by atoms with Crippen LogP contribution in [-0.2, 0) is 14.3 Å². The molecule has 0 saturated heterocycles. The van der Waals surface area contributed by atoms with Gasteiger partial charge in [0.15, 0.2) is 0 Å². The number of ketones is 1. The van der Waals surface area contributed by atoms with Crippen molar-refractivity contribution in [3.63, 3.8) is 0 Å². The Hall–Kier alpha value is -0.200. The van der Waals surface area contributed by atoms with Crippen molar-refractivity contribution in [2.24, 2.45) is 47.3 Å². The van der Waals surface area contributed by atoms with Crippen LogP contribution in [0.3, 0.4) is 0 Å². The van der Waals surface area contributed by atoms with Gasteiger partial charge >= 0.3 is 0 Å². The van der Waals surface area contributed by atoms with Gasteiger partial charge in [0.25, 0.3) is 0 Å². The molecular formula is C56H118Br2O4. The van der Waals surface area contributed by atoms with E-state index in [0.29, 0.717) is 24.2 Å². The molecule has 6 heteroatoms. The van der Waals surface area contributed by atoms with Gasteiger partial charge in [0.2, 0.25) is 0 Å². The van der Waals surface area contributed by atoms with E-state index in [1.54, 1.807) is 7.11 Å². The van der Waals surface area contributed by atoms with Gasteiger partial charge in [-0.05, 0) is 137 Å². The number of carbonyl (C=O) groups is 2. The quantitative estimate of drug-likeness (QED) is 0.0916. The Morgan fingerprint density at radius 3 is 1.11 bits per heavy atom. The molecule has 0 amide bonds. The maximum absolute atomic E-state index is 10.7. The zero-order valence-corrected chi connectivity index (χ0v) is 42.5. The molecule has 62 heavy (non-hydrogen) atoms. The molecule has 0 aromatic carbocycles. The number of hydrogen-bond donors (Lipinski definition) is 1. The van der Waals surface area contributed by atoms with Gasteiger partial charge in [-0.1, -0.05) is 185 Å². The normalized spacial score (nSPS) is 25.0. The number of ether oxygens (including phenoxy) is 1. The summed E-state index contributed by atoms with van der Waals surface area (Å²) < 4.78 is 4.99. The number of allylic oxidation sites excluding steroid dienone is 1. The molecule has 0 aliphatic heterocycles. The predicted molar refractivity (Wildman–Crippen MR) is 293 cm³/mol. The minimum atomic E-state index is 0. The lowest BCUT2D eigenvalue weighted by atomic mass is 9.81. The van der Waals surface area contributed by atoms with E-state index in [0.717, 1.165) is 80.3 Å². The van der Waals surface area contributed by atoms with Crippen LogP contribution in [0.5, 0.6) is 0 Å². The molecule has 0 spiro atoms. The lowest BCUT2D eigenvalue weighted by Crippen LogP contribution is -2.16. The first-order chi connectivity index (χ1) is 27.2. The lowest BCUT2D eigenvalue weighted by molar-refractivity contribution is -0.121. The summed E-state index contributed by atoms with van der Waals surface area (Å²) >= 11 is 3.55. The summed E-state index contributed by atoms with van der Waals surface area (Å²) in [6, 6.07) is 0. The van der Waals surface area contributed by atoms with Crippen LogP contribution < -0.4 is 0 Å². The number of rotatable bonds is 12. The third-order valence-corrected chi connectivity index (χ3v) is 14.9. The lowest BCUT2D eigenvalue weighted by Gasteiger charge is -2.26. The Balaban J connectivity index is -0.000000116. The molecule has 0 radical (unpaired) electrons. The minimum absolute atomic E-state index is 0. The highest BCUT2D eigenvalue weighted by molar-refractivity contribution is 9.09. The van der Waals surface area contributed by atoms with Gasteiger partial charge in [-0.2, -0.15) is 0 Å². The van der Waals surface area contributed by atoms with Crippen molar-refractivity contribution in [1.82, 2.24) is 0 Å². The Labute approximate surface area is 412 Å². The van der Waals surface area contributed by atoms with Crippen molar-refractivity contribution >= 4 is 45.0 Å². The number of Topliss-reactive ketones (excluding diaryl/α,β-unsaturated/α-hetero) is 1. The molecule has 1 N–H and O–H groups in total. The van der Waals surface area contributed by atoms with E-state index >= 15 is 0 Å². The molecule has 5 rings (SSSR count). The second-order valence-electron chi connectivity index (χ2n) is 18.2. The second kappa shape index (κ2) is 53.4. The number of aliphatic hydroxyl groups is 1. The second-order valence-corrected chi connectivity index (χ2v) is 18.9. The number of carbonyl (C=O) groups excluding carboxylic acids is 2. The number of methoxy groups -OCH3 is 1. The molecule has 0 atom stereocenters. The Morgan fingerprint density at radius 2 is 0.823 bits per heavy atom. The molecule has 5 fully saturated rings. The first-order valence-corrected chi connectivity index (χ1v) is 25.7. The number of alkyl halides is 1. The zero-order chi connectivity index (χ0) is 41.8. The fourth-order valence-corrected chi connectivity index (χ4v) is 9.65. The van der Waals surface area contributed by atoms with Crippen LogP contribution in [0, 0.1) is 47.3 Å². The highest BCUT2D eigenvalue weighted by Gasteiger charge is 2.21. The SMILES string of the molecule is Br.C.C.C.C.C.CCC1CCC(=COC)CC1.CCC1CCC(=O)CC1.CCC1CCC(C=O)CC1.CCC1CCC(CBr)CC1.CCC1CCC(CO)CC1.CCCCCC. The van der Waals surface area contributed by atoms with Crippen molar-refractivity contribution < 1.29 is 19.4 Å². The van der Waals surface area contributed by atoms with Gasteiger partial charge < -0.3 is 14.6 Å². The van der Waals surface area contributed by atoms with Crippen molar-refractivity contribution in [1.29, 1.82) is 0 Å². The Morgan fingerprint density at radius 1 is 0.516 bits per heavy atom. The molecule has 0 aromatic heterocycles. The highest BCUT2D eigenvalue weighted by atomic mass is 79.9. The summed E-state index contributed by atoms with van der Waals surface area (Å²) in [4.78, 5) is 21.1. The highest BCUT2D eigenvalue weighted by Crippen LogP contribution is 2.33. The topological polar surface area (TPSA) is 63.6 Å². The van der Waals surface area contributed by atoms with E-state index in [-0.39, 0.29) is 54.1 Å². The summed E-state index contributed by atoms with van der Waals surface area (Å²) in [7, 11) is 1.74. The molecular weight excluding hydrogens is 896 g/mol. The zero-order valence-electron chi connectivity index (χ0n) is 39.2. The van der Waals surface area contributed by atoms with E-state index in [2.05, 4.69) is 64.4 Å². The third-order valence-electron chi connectivity index (χ3n) is 14.0. The van der Waals surface area contributed by atoms with Crippen LogP contribution in [0.1, 0.15) is 272 Å². The van der Waals surface area contributed by atoms with Crippen molar-refractivity contribution in [3.8, 4) is 0 Å². The number of aldehydes is 1. The van der Waals surface area contributed by atoms with Gasteiger partial charge in [-0.3, -0.25) is 4.79 Å². The summed E-state index contributed by atoms with van der Waals surface area (Å²) in [6.45, 7) is 16.2. The largest absolute Gasteiger partial charge is 0.504 e. The van der Waals surface area contributed by atoms with Gasteiger partial charge in [0, 0.05) is 30.7 Å². The first-order valence-electron chi connectivity index (χ1n) is 24.5. The average molecular weight is 1020 g/mol. The van der Waals surface area contributed by atoms with Crippen LogP contribution >= 0.6 is 32.9 Å². The van der Waals surface area contributed by atoms with Crippen LogP contribution in [0.25, 0.3) is 0 Å². The maximum atomic E-state index is 10.7. The number of hydrogen-bond acceptors (Lipinski definition) is 4. The molecule has 380 valence electrons. The predicted octanol–water partition coefficient (Wildman–Crippen LogP) is 19.8. The molecule has 5 saturated carbocycles. The van der Waals surface area contributed by atoms with Crippen LogP contribution in [0.4, 0.5) is 0 Å². The fourth-order valence-electron chi connectivity index (χ4n) is 9.00. The van der Waals surface area contributed by atoms with E-state index in [1.165, 1.54) is 159 Å². The average Bonchev–Trinajstić information content (AvgIpc) is 3.27. The number of aliphatic hydroxyl groups excluding tert-OH is 1. The van der Waals surface area contributed by atoms with Gasteiger partial charge in [-0.15, -0.1) is 17.0 Å². The Kier molecular flexibility index (Phi) is 65.5. The van der Waals surface area contributed by atoms with Crippen LogP contribution in [0.15, 0.2) is 11.8 Å². The fraction of sp³-hybridized carbons (Fsp3) is 0.929. The van der Waals surface area contributed by atoms with E-state index in [9.17, 15) is 9.59 Å². The summed E-state index contributed by atoms with van der Waals surface area (Å²) in [5.41, 5.74) is 1.50. The number of halogens is 2. The maximum Gasteiger partial charge on any atom is 0.132 e. The monoisotopic (exact) mass is 1010 g/mol. The standard InChI is InChI=1S/C10H18O.C9H17Br.C9H18O.C9H16O.C8H14O.C6H14.5CH4.BrH/c1-3-9-4-6-10(7-5-9)8-11-2;3*1-2-8-3-5-9(7-10)6-4-8;1-2-7-3-5-8(9)6-4-7;1-3-5-6-4-2;;;;;;/h8-9H,3-7H2,1-2H3;8-9H,2-7H2,1H3;8-10H,2-7H2,1H3;7-9H,2-6H2,1H3;7H,2-6H2,1H3;3-6H2,1-2H3;5*1H4;1H. The van der Waals surface area contributed by atoms with E-state index in [4.69, 9.17) is 9.84 Å². The molecule has 0 aromatic rings. The van der Waals surface area contributed by atoms with Crippen molar-refractivity contribution in [3.05, 3.63) is 11.8 Å². The van der Waals surface area contributed by atoms with E-state index in [1.807, 2.05) is 6.26 Å².